The van der Waals surface area contributed by atoms with Crippen LogP contribution in [0.5, 0.6) is 0 Å². The smallest absolute Gasteiger partial charge is 0.413 e. The molecule has 84 valence electrons. The third-order valence-corrected chi connectivity index (χ3v) is 1.91. The molecule has 0 atom stereocenters. The number of anilines is 1. The maximum absolute atomic E-state index is 11.4. The summed E-state index contributed by atoms with van der Waals surface area (Å²) < 4.78 is 6.62. The van der Waals surface area contributed by atoms with Crippen LogP contribution in [-0.4, -0.2) is 21.2 Å². The Morgan fingerprint density at radius 2 is 2.20 bits per heavy atom. The Morgan fingerprint density at radius 1 is 1.60 bits per heavy atom. The molecule has 0 spiro atoms. The third kappa shape index (κ3) is 3.43. The van der Waals surface area contributed by atoms with E-state index in [1.54, 1.807) is 32.4 Å². The number of nitrogens with zero attached hydrogens (tertiary/aromatic N) is 2. The van der Waals surface area contributed by atoms with E-state index < -0.39 is 11.7 Å². The van der Waals surface area contributed by atoms with Crippen LogP contribution in [0.1, 0.15) is 20.8 Å². The van der Waals surface area contributed by atoms with Crippen LogP contribution in [0, 0.1) is 0 Å². The second kappa shape index (κ2) is 4.10. The molecule has 0 bridgehead atoms. The van der Waals surface area contributed by atoms with E-state index in [1.807, 2.05) is 0 Å². The average Bonchev–Trinajstić information content (AvgIpc) is 2.32. The van der Waals surface area contributed by atoms with E-state index in [1.165, 1.54) is 6.20 Å². The molecular weight excluding hydrogens is 218 g/mol. The molecule has 0 aliphatic rings. The Kier molecular flexibility index (Phi) is 3.24. The first-order valence-corrected chi connectivity index (χ1v) is 4.84. The number of hydrogen-bond acceptors (Lipinski definition) is 3. The molecule has 0 saturated heterocycles. The van der Waals surface area contributed by atoms with Crippen molar-refractivity contribution < 1.29 is 9.53 Å². The van der Waals surface area contributed by atoms with E-state index in [2.05, 4.69) is 10.3 Å². The standard InChI is InChI=1S/C9H14ClN3O2/c1-9(2,3)15-8(14)12-6-5-11-7(10)13(6)4/h5H,1-4H3,(H,12,14). The third-order valence-electron chi connectivity index (χ3n) is 1.56. The predicted octanol–water partition coefficient (Wildman–Crippen LogP) is 2.42. The summed E-state index contributed by atoms with van der Waals surface area (Å²) in [4.78, 5) is 15.2. The van der Waals surface area contributed by atoms with Crippen LogP contribution in [0.25, 0.3) is 0 Å². The molecule has 0 aliphatic carbocycles. The molecular formula is C9H14ClN3O2. The molecule has 6 heteroatoms. The topological polar surface area (TPSA) is 56.2 Å². The molecule has 1 N–H and O–H groups in total. The molecule has 0 unspecified atom stereocenters. The normalized spacial score (nSPS) is 11.3. The van der Waals surface area contributed by atoms with E-state index in [-0.39, 0.29) is 0 Å². The van der Waals surface area contributed by atoms with E-state index >= 15 is 0 Å². The summed E-state index contributed by atoms with van der Waals surface area (Å²) in [7, 11) is 1.70. The van der Waals surface area contributed by atoms with Crippen LogP contribution >= 0.6 is 11.6 Å². The number of hydrogen-bond donors (Lipinski definition) is 1. The van der Waals surface area contributed by atoms with E-state index in [9.17, 15) is 4.79 Å². The highest BCUT2D eigenvalue weighted by atomic mass is 35.5. The second-order valence-corrected chi connectivity index (χ2v) is 4.44. The first kappa shape index (κ1) is 11.8. The lowest BCUT2D eigenvalue weighted by Gasteiger charge is -2.19. The van der Waals surface area contributed by atoms with Crippen LogP contribution in [0.4, 0.5) is 10.6 Å². The van der Waals surface area contributed by atoms with Crippen molar-refractivity contribution in [3.05, 3.63) is 11.5 Å². The van der Waals surface area contributed by atoms with Crippen LogP contribution in [0.3, 0.4) is 0 Å². The highest BCUT2D eigenvalue weighted by Gasteiger charge is 2.17. The molecule has 1 aromatic heterocycles. The number of halogens is 1. The number of ether oxygens (including phenoxy) is 1. The first-order chi connectivity index (χ1) is 6.79. The summed E-state index contributed by atoms with van der Waals surface area (Å²) in [5.41, 5.74) is -0.521. The van der Waals surface area contributed by atoms with Crippen LogP contribution in [-0.2, 0) is 11.8 Å². The summed E-state index contributed by atoms with van der Waals surface area (Å²) in [6, 6.07) is 0. The Labute approximate surface area is 93.4 Å². The highest BCUT2D eigenvalue weighted by Crippen LogP contribution is 2.14. The summed E-state index contributed by atoms with van der Waals surface area (Å²) >= 11 is 5.71. The molecule has 1 rings (SSSR count). The van der Waals surface area contributed by atoms with Crippen LogP contribution in [0.15, 0.2) is 6.20 Å². The minimum Gasteiger partial charge on any atom is -0.444 e. The van der Waals surface area contributed by atoms with E-state index in [4.69, 9.17) is 16.3 Å². The Balaban J connectivity index is 2.63. The lowest BCUT2D eigenvalue weighted by Crippen LogP contribution is -2.27. The summed E-state index contributed by atoms with van der Waals surface area (Å²) in [6.45, 7) is 5.38. The van der Waals surface area contributed by atoms with Crippen molar-refractivity contribution in [3.8, 4) is 0 Å². The molecule has 1 heterocycles. The van der Waals surface area contributed by atoms with Gasteiger partial charge in [-0.2, -0.15) is 0 Å². The first-order valence-electron chi connectivity index (χ1n) is 4.47. The van der Waals surface area contributed by atoms with Gasteiger partial charge in [0, 0.05) is 7.05 Å². The van der Waals surface area contributed by atoms with Gasteiger partial charge in [0.1, 0.15) is 11.4 Å². The number of aromatic nitrogens is 2. The number of carbonyl (C=O) groups is 1. The van der Waals surface area contributed by atoms with Crippen molar-refractivity contribution >= 4 is 23.5 Å². The molecule has 15 heavy (non-hydrogen) atoms. The number of imidazole rings is 1. The zero-order valence-electron chi connectivity index (χ0n) is 9.17. The van der Waals surface area contributed by atoms with Gasteiger partial charge in [-0.15, -0.1) is 0 Å². The predicted molar refractivity (Wildman–Crippen MR) is 58.1 cm³/mol. The Morgan fingerprint density at radius 3 is 2.60 bits per heavy atom. The number of rotatable bonds is 1. The SMILES string of the molecule is Cn1c(NC(=O)OC(C)(C)C)cnc1Cl. The largest absolute Gasteiger partial charge is 0.444 e. The van der Waals surface area contributed by atoms with Gasteiger partial charge in [0.05, 0.1) is 6.20 Å². The van der Waals surface area contributed by atoms with Crippen molar-refractivity contribution in [1.82, 2.24) is 9.55 Å². The number of amides is 1. The van der Waals surface area contributed by atoms with E-state index in [0.717, 1.165) is 0 Å². The fourth-order valence-corrected chi connectivity index (χ4v) is 1.05. The second-order valence-electron chi connectivity index (χ2n) is 4.10. The van der Waals surface area contributed by atoms with Crippen molar-refractivity contribution in [2.45, 2.75) is 26.4 Å². The van der Waals surface area contributed by atoms with Crippen molar-refractivity contribution in [2.75, 3.05) is 5.32 Å². The maximum atomic E-state index is 11.4. The van der Waals surface area contributed by atoms with Gasteiger partial charge < -0.3 is 9.30 Å². The molecule has 1 aromatic rings. The van der Waals surface area contributed by atoms with Crippen molar-refractivity contribution in [3.63, 3.8) is 0 Å². The minimum atomic E-state index is -0.526. The monoisotopic (exact) mass is 231 g/mol. The molecule has 0 saturated carbocycles. The van der Waals surface area contributed by atoms with Crippen molar-refractivity contribution in [2.24, 2.45) is 7.05 Å². The van der Waals surface area contributed by atoms with Gasteiger partial charge in [-0.1, -0.05) is 0 Å². The van der Waals surface area contributed by atoms with Gasteiger partial charge in [0.15, 0.2) is 0 Å². The highest BCUT2D eigenvalue weighted by molar-refractivity contribution is 6.28. The summed E-state index contributed by atoms with van der Waals surface area (Å²) in [5.74, 6) is 0.495. The number of nitrogens with one attached hydrogen (secondary N) is 1. The van der Waals surface area contributed by atoms with Crippen molar-refractivity contribution in [1.29, 1.82) is 0 Å². The minimum absolute atomic E-state index is 0.307. The molecule has 5 nitrogen and oxygen atoms in total. The van der Waals surface area contributed by atoms with Gasteiger partial charge in [0.2, 0.25) is 5.28 Å². The molecule has 0 radical (unpaired) electrons. The summed E-state index contributed by atoms with van der Waals surface area (Å²) in [5, 5.41) is 2.85. The quantitative estimate of drug-likeness (QED) is 0.808. The molecule has 1 amide bonds. The maximum Gasteiger partial charge on any atom is 0.413 e. The summed E-state index contributed by atoms with van der Waals surface area (Å²) in [6.07, 6.45) is 0.939. The molecule has 0 aliphatic heterocycles. The Bertz CT molecular complexity index is 368. The zero-order valence-corrected chi connectivity index (χ0v) is 9.92. The van der Waals surface area contributed by atoms with Gasteiger partial charge in [-0.25, -0.2) is 9.78 Å². The molecule has 0 aromatic carbocycles. The fourth-order valence-electron chi connectivity index (χ4n) is 0.911. The molecule has 0 fully saturated rings. The Hall–Kier alpha value is -1.23. The van der Waals surface area contributed by atoms with Crippen LogP contribution in [0.2, 0.25) is 5.28 Å². The van der Waals surface area contributed by atoms with E-state index in [0.29, 0.717) is 11.1 Å². The van der Waals surface area contributed by atoms with Gasteiger partial charge in [-0.05, 0) is 32.4 Å². The lowest BCUT2D eigenvalue weighted by molar-refractivity contribution is 0.0635. The zero-order chi connectivity index (χ0) is 11.6. The number of carbonyl (C=O) groups excluding carboxylic acids is 1. The van der Waals surface area contributed by atoms with Gasteiger partial charge >= 0.3 is 6.09 Å². The van der Waals surface area contributed by atoms with Gasteiger partial charge in [0.25, 0.3) is 0 Å². The lowest BCUT2D eigenvalue weighted by atomic mass is 10.2. The van der Waals surface area contributed by atoms with Crippen LogP contribution < -0.4 is 5.32 Å². The van der Waals surface area contributed by atoms with Gasteiger partial charge in [-0.3, -0.25) is 5.32 Å². The average molecular weight is 232 g/mol. The fraction of sp³-hybridized carbons (Fsp3) is 0.556.